The maximum absolute atomic E-state index is 12.7. The number of hydrogen-bond donors (Lipinski definition) is 2. The number of nitrogen functional groups attached to an aromatic ring is 1. The lowest BCUT2D eigenvalue weighted by Crippen LogP contribution is -2.13. The fourth-order valence-corrected chi connectivity index (χ4v) is 4.37. The number of sulfonamides is 1. The van der Waals surface area contributed by atoms with Crippen molar-refractivity contribution in [1.82, 2.24) is 15.0 Å². The maximum Gasteiger partial charge on any atom is 0.263 e. The Balaban J connectivity index is 1.62. The molecule has 4 aromatic rings. The smallest absolute Gasteiger partial charge is 0.263 e. The van der Waals surface area contributed by atoms with Gasteiger partial charge < -0.3 is 10.5 Å². The summed E-state index contributed by atoms with van der Waals surface area (Å²) < 4.78 is 33.8. The molecule has 10 heteroatoms. The molecule has 8 nitrogen and oxygen atoms in total. The third kappa shape index (κ3) is 4.73. The normalized spacial score (nSPS) is 11.1. The van der Waals surface area contributed by atoms with Crippen LogP contribution < -0.4 is 15.2 Å². The van der Waals surface area contributed by atoms with E-state index in [1.165, 1.54) is 12.1 Å². The van der Waals surface area contributed by atoms with Gasteiger partial charge in [0.25, 0.3) is 10.0 Å². The topological polar surface area (TPSA) is 120 Å². The molecule has 31 heavy (non-hydrogen) atoms. The molecule has 0 aliphatic heterocycles. The third-order valence-electron chi connectivity index (χ3n) is 4.15. The van der Waals surface area contributed by atoms with Crippen molar-refractivity contribution < 1.29 is 13.2 Å². The number of nitrogens with one attached hydrogen (secondary N) is 1. The molecule has 3 N–H and O–H groups in total. The van der Waals surface area contributed by atoms with Gasteiger partial charge in [-0.25, -0.2) is 23.4 Å². The molecule has 0 radical (unpaired) electrons. The fourth-order valence-electron chi connectivity index (χ4n) is 2.80. The average molecular weight is 454 g/mol. The fraction of sp³-hybridized carbons (Fsp3) is 0. The molecule has 0 amide bonds. The van der Waals surface area contributed by atoms with Crippen molar-refractivity contribution in [1.29, 1.82) is 0 Å². The molecule has 0 spiro atoms. The van der Waals surface area contributed by atoms with Crippen LogP contribution in [0.25, 0.3) is 11.3 Å². The summed E-state index contributed by atoms with van der Waals surface area (Å²) in [4.78, 5) is 12.3. The lowest BCUT2D eigenvalue weighted by molar-refractivity contribution is 0.465. The Labute approximate surface area is 183 Å². The SMILES string of the molecule is Nc1nccc(-c2cccnc2Oc2cccc(NS(=O)(=O)c3ccccc3Cl)c2)n1. The highest BCUT2D eigenvalue weighted by atomic mass is 35.5. The minimum absolute atomic E-state index is 0.0173. The van der Waals surface area contributed by atoms with Crippen LogP contribution in [-0.4, -0.2) is 23.4 Å². The number of nitrogens with zero attached hydrogens (tertiary/aromatic N) is 3. The van der Waals surface area contributed by atoms with E-state index < -0.39 is 10.0 Å². The molecule has 2 aromatic heterocycles. The number of rotatable bonds is 6. The van der Waals surface area contributed by atoms with E-state index in [1.54, 1.807) is 67.0 Å². The predicted molar refractivity (Wildman–Crippen MR) is 118 cm³/mol. The highest BCUT2D eigenvalue weighted by Crippen LogP contribution is 2.32. The van der Waals surface area contributed by atoms with Crippen molar-refractivity contribution in [3.63, 3.8) is 0 Å². The monoisotopic (exact) mass is 453 g/mol. The Bertz CT molecular complexity index is 1350. The van der Waals surface area contributed by atoms with Gasteiger partial charge in [0.2, 0.25) is 11.8 Å². The number of halogens is 1. The third-order valence-corrected chi connectivity index (χ3v) is 6.03. The van der Waals surface area contributed by atoms with Gasteiger partial charge in [-0.2, -0.15) is 0 Å². The summed E-state index contributed by atoms with van der Waals surface area (Å²) in [5.41, 5.74) is 7.14. The van der Waals surface area contributed by atoms with Gasteiger partial charge in [0, 0.05) is 18.5 Å². The summed E-state index contributed by atoms with van der Waals surface area (Å²) in [5, 5.41) is 0.129. The first-order valence-electron chi connectivity index (χ1n) is 9.01. The van der Waals surface area contributed by atoms with Crippen molar-refractivity contribution in [3.8, 4) is 22.9 Å². The highest BCUT2D eigenvalue weighted by molar-refractivity contribution is 7.92. The molecule has 2 heterocycles. The number of hydrogen-bond acceptors (Lipinski definition) is 7. The zero-order valence-corrected chi connectivity index (χ0v) is 17.5. The van der Waals surface area contributed by atoms with Crippen LogP contribution in [0.5, 0.6) is 11.6 Å². The van der Waals surface area contributed by atoms with Gasteiger partial charge in [0.15, 0.2) is 0 Å². The first kappa shape index (κ1) is 20.6. The lowest BCUT2D eigenvalue weighted by atomic mass is 10.2. The standard InChI is InChI=1S/C21H16ClN5O3S/c22-17-8-1-2-9-19(17)31(28,29)27-14-5-3-6-15(13-14)30-20-16(7-4-11-24-20)18-10-12-25-21(23)26-18/h1-13,27H,(H2,23,25,26). The predicted octanol–water partition coefficient (Wildman–Crippen LogP) is 4.37. The van der Waals surface area contributed by atoms with Crippen LogP contribution in [0, 0.1) is 0 Å². The van der Waals surface area contributed by atoms with Crippen LogP contribution in [0.1, 0.15) is 0 Å². The number of ether oxygens (including phenoxy) is 1. The van der Waals surface area contributed by atoms with Gasteiger partial charge in [-0.15, -0.1) is 0 Å². The molecule has 0 aliphatic rings. The molecular formula is C21H16ClN5O3S. The number of nitrogens with two attached hydrogens (primary N) is 1. The molecule has 4 rings (SSSR count). The zero-order valence-electron chi connectivity index (χ0n) is 15.9. The molecule has 2 aromatic carbocycles. The van der Waals surface area contributed by atoms with Gasteiger partial charge in [-0.3, -0.25) is 4.72 Å². The summed E-state index contributed by atoms with van der Waals surface area (Å²) >= 11 is 6.03. The first-order valence-corrected chi connectivity index (χ1v) is 10.9. The second-order valence-corrected chi connectivity index (χ2v) is 8.38. The van der Waals surface area contributed by atoms with Gasteiger partial charge in [0.1, 0.15) is 10.6 Å². The Kier molecular flexibility index (Phi) is 5.70. The van der Waals surface area contributed by atoms with Gasteiger partial charge in [-0.1, -0.05) is 29.8 Å². The van der Waals surface area contributed by atoms with Crippen LogP contribution in [0.4, 0.5) is 11.6 Å². The molecular weight excluding hydrogens is 438 g/mol. The summed E-state index contributed by atoms with van der Waals surface area (Å²) in [6, 6.07) is 17.9. The molecule has 0 saturated carbocycles. The van der Waals surface area contributed by atoms with Crippen LogP contribution in [-0.2, 0) is 10.0 Å². The number of pyridine rings is 1. The molecule has 0 saturated heterocycles. The zero-order chi connectivity index (χ0) is 21.8. The minimum atomic E-state index is -3.87. The largest absolute Gasteiger partial charge is 0.438 e. The Morgan fingerprint density at radius 2 is 1.77 bits per heavy atom. The number of benzene rings is 2. The van der Waals surface area contributed by atoms with Crippen molar-refractivity contribution >= 4 is 33.3 Å². The number of aromatic nitrogens is 3. The van der Waals surface area contributed by atoms with Gasteiger partial charge in [-0.05, 0) is 42.5 Å². The van der Waals surface area contributed by atoms with Gasteiger partial charge >= 0.3 is 0 Å². The first-order chi connectivity index (χ1) is 14.9. The summed E-state index contributed by atoms with van der Waals surface area (Å²) in [6.07, 6.45) is 3.12. The average Bonchev–Trinajstić information content (AvgIpc) is 2.74. The second kappa shape index (κ2) is 8.58. The molecule has 156 valence electrons. The minimum Gasteiger partial charge on any atom is -0.438 e. The molecule has 0 fully saturated rings. The molecule has 0 atom stereocenters. The van der Waals surface area contributed by atoms with Crippen molar-refractivity contribution in [3.05, 3.63) is 84.1 Å². The van der Waals surface area contributed by atoms with Crippen LogP contribution in [0.15, 0.2) is 84.0 Å². The molecule has 0 unspecified atom stereocenters. The molecule has 0 aliphatic carbocycles. The quantitative estimate of drug-likeness (QED) is 0.444. The van der Waals surface area contributed by atoms with E-state index in [4.69, 9.17) is 22.1 Å². The van der Waals surface area contributed by atoms with Crippen molar-refractivity contribution in [2.24, 2.45) is 0 Å². The second-order valence-electron chi connectivity index (χ2n) is 6.32. The van der Waals surface area contributed by atoms with Crippen molar-refractivity contribution in [2.75, 3.05) is 10.5 Å². The summed E-state index contributed by atoms with van der Waals surface area (Å²) in [7, 11) is -3.87. The number of anilines is 2. The van der Waals surface area contributed by atoms with E-state index in [9.17, 15) is 8.42 Å². The lowest BCUT2D eigenvalue weighted by Gasteiger charge is -2.12. The maximum atomic E-state index is 12.7. The van der Waals surface area contributed by atoms with Crippen LogP contribution >= 0.6 is 11.6 Å². The molecule has 0 bridgehead atoms. The van der Waals surface area contributed by atoms with E-state index >= 15 is 0 Å². The van der Waals surface area contributed by atoms with E-state index in [0.717, 1.165) is 0 Å². The van der Waals surface area contributed by atoms with E-state index in [1.807, 2.05) is 0 Å². The highest BCUT2D eigenvalue weighted by Gasteiger charge is 2.18. The Morgan fingerprint density at radius 1 is 0.935 bits per heavy atom. The van der Waals surface area contributed by atoms with E-state index in [0.29, 0.717) is 22.7 Å². The van der Waals surface area contributed by atoms with Crippen LogP contribution in [0.3, 0.4) is 0 Å². The van der Waals surface area contributed by atoms with E-state index in [-0.39, 0.29) is 21.7 Å². The van der Waals surface area contributed by atoms with Gasteiger partial charge in [0.05, 0.1) is 22.0 Å². The van der Waals surface area contributed by atoms with Crippen molar-refractivity contribution in [2.45, 2.75) is 4.90 Å². The summed E-state index contributed by atoms with van der Waals surface area (Å²) in [5.74, 6) is 0.788. The Morgan fingerprint density at radius 3 is 2.58 bits per heavy atom. The Hall–Kier alpha value is -3.69. The van der Waals surface area contributed by atoms with E-state index in [2.05, 4.69) is 19.7 Å². The van der Waals surface area contributed by atoms with Crippen LogP contribution in [0.2, 0.25) is 5.02 Å². The summed E-state index contributed by atoms with van der Waals surface area (Å²) in [6.45, 7) is 0.